The van der Waals surface area contributed by atoms with Crippen LogP contribution in [0.4, 0.5) is 0 Å². The molecule has 0 spiro atoms. The molecule has 1 aliphatic rings. The van der Waals surface area contributed by atoms with E-state index < -0.39 is 0 Å². The van der Waals surface area contributed by atoms with Crippen molar-refractivity contribution in [3.8, 4) is 5.75 Å². The SMILES string of the molecule is COc1c(Cl)cc(C(=O)NC2CCC(O)CC2)cc1Cl. The van der Waals surface area contributed by atoms with Crippen molar-refractivity contribution in [1.82, 2.24) is 5.32 Å². The van der Waals surface area contributed by atoms with Gasteiger partial charge in [-0.1, -0.05) is 23.2 Å². The van der Waals surface area contributed by atoms with Gasteiger partial charge in [-0.15, -0.1) is 0 Å². The number of carbonyl (C=O) groups is 1. The molecule has 0 atom stereocenters. The molecule has 4 nitrogen and oxygen atoms in total. The zero-order chi connectivity index (χ0) is 14.7. The maximum absolute atomic E-state index is 12.2. The first kappa shape index (κ1) is 15.4. The van der Waals surface area contributed by atoms with Crippen molar-refractivity contribution in [3.05, 3.63) is 27.7 Å². The van der Waals surface area contributed by atoms with Crippen molar-refractivity contribution in [2.75, 3.05) is 7.11 Å². The average Bonchev–Trinajstić information content (AvgIpc) is 2.41. The van der Waals surface area contributed by atoms with Gasteiger partial charge in [0, 0.05) is 11.6 Å². The molecule has 1 fully saturated rings. The molecule has 0 bridgehead atoms. The molecule has 110 valence electrons. The average molecular weight is 318 g/mol. The van der Waals surface area contributed by atoms with Gasteiger partial charge >= 0.3 is 0 Å². The van der Waals surface area contributed by atoms with Gasteiger partial charge in [-0.2, -0.15) is 0 Å². The van der Waals surface area contributed by atoms with Crippen molar-refractivity contribution >= 4 is 29.1 Å². The minimum Gasteiger partial charge on any atom is -0.494 e. The van der Waals surface area contributed by atoms with Crippen LogP contribution in [0.3, 0.4) is 0 Å². The third kappa shape index (κ3) is 3.57. The van der Waals surface area contributed by atoms with Gasteiger partial charge in [0.25, 0.3) is 5.91 Å². The topological polar surface area (TPSA) is 58.6 Å². The number of methoxy groups -OCH3 is 1. The van der Waals surface area contributed by atoms with E-state index in [2.05, 4.69) is 5.32 Å². The lowest BCUT2D eigenvalue weighted by Crippen LogP contribution is -2.38. The summed E-state index contributed by atoms with van der Waals surface area (Å²) in [6.07, 6.45) is 2.76. The summed E-state index contributed by atoms with van der Waals surface area (Å²) in [7, 11) is 1.47. The predicted molar refractivity (Wildman–Crippen MR) is 78.7 cm³/mol. The number of rotatable bonds is 3. The Bertz CT molecular complexity index is 476. The van der Waals surface area contributed by atoms with Crippen LogP contribution in [-0.4, -0.2) is 30.3 Å². The van der Waals surface area contributed by atoms with Gasteiger partial charge in [0.1, 0.15) is 0 Å². The van der Waals surface area contributed by atoms with Crippen LogP contribution in [0, 0.1) is 0 Å². The number of benzene rings is 1. The van der Waals surface area contributed by atoms with Crippen LogP contribution in [0.15, 0.2) is 12.1 Å². The molecule has 0 radical (unpaired) electrons. The van der Waals surface area contributed by atoms with Gasteiger partial charge in [0.2, 0.25) is 0 Å². The molecule has 1 saturated carbocycles. The zero-order valence-corrected chi connectivity index (χ0v) is 12.7. The van der Waals surface area contributed by atoms with E-state index in [9.17, 15) is 9.90 Å². The molecule has 0 heterocycles. The Morgan fingerprint density at radius 1 is 1.25 bits per heavy atom. The smallest absolute Gasteiger partial charge is 0.251 e. The molecule has 1 aromatic rings. The first-order valence-corrected chi connectivity index (χ1v) is 7.28. The third-order valence-corrected chi connectivity index (χ3v) is 4.06. The summed E-state index contributed by atoms with van der Waals surface area (Å²) in [5.74, 6) is 0.156. The summed E-state index contributed by atoms with van der Waals surface area (Å²) in [5, 5.41) is 13.0. The monoisotopic (exact) mass is 317 g/mol. The Labute approximate surface area is 128 Å². The molecule has 0 aromatic heterocycles. The quantitative estimate of drug-likeness (QED) is 0.900. The normalized spacial score (nSPS) is 22.4. The lowest BCUT2D eigenvalue weighted by Gasteiger charge is -2.26. The van der Waals surface area contributed by atoms with Crippen LogP contribution in [0.5, 0.6) is 5.75 Å². The number of aliphatic hydroxyl groups is 1. The molecular formula is C14H17Cl2NO3. The number of carbonyl (C=O) groups excluding carboxylic acids is 1. The van der Waals surface area contributed by atoms with Gasteiger partial charge in [-0.3, -0.25) is 4.79 Å². The van der Waals surface area contributed by atoms with Crippen molar-refractivity contribution in [3.63, 3.8) is 0 Å². The molecular weight excluding hydrogens is 301 g/mol. The summed E-state index contributed by atoms with van der Waals surface area (Å²) in [4.78, 5) is 12.2. The van der Waals surface area contributed by atoms with Gasteiger partial charge in [-0.25, -0.2) is 0 Å². The van der Waals surface area contributed by atoms with Crippen LogP contribution >= 0.6 is 23.2 Å². The predicted octanol–water partition coefficient (Wildman–Crippen LogP) is 3.04. The Hall–Kier alpha value is -0.970. The zero-order valence-electron chi connectivity index (χ0n) is 11.2. The van der Waals surface area contributed by atoms with E-state index in [1.54, 1.807) is 12.1 Å². The van der Waals surface area contributed by atoms with Gasteiger partial charge < -0.3 is 15.2 Å². The van der Waals surface area contributed by atoms with Gasteiger partial charge in [0.15, 0.2) is 5.75 Å². The van der Waals surface area contributed by atoms with Crippen molar-refractivity contribution in [2.45, 2.75) is 37.8 Å². The summed E-state index contributed by atoms with van der Waals surface area (Å²) in [5.41, 5.74) is 0.409. The Balaban J connectivity index is 2.06. The molecule has 1 amide bonds. The van der Waals surface area contributed by atoms with Crippen molar-refractivity contribution in [1.29, 1.82) is 0 Å². The number of hydrogen-bond acceptors (Lipinski definition) is 3. The Kier molecular flexibility index (Phi) is 5.13. The standard InChI is InChI=1S/C14H17Cl2NO3/c1-20-13-11(15)6-8(7-12(13)16)14(19)17-9-2-4-10(18)5-3-9/h6-7,9-10,18H,2-5H2,1H3,(H,17,19). The van der Waals surface area contributed by atoms with Gasteiger partial charge in [0.05, 0.1) is 23.3 Å². The van der Waals surface area contributed by atoms with Crippen molar-refractivity contribution in [2.24, 2.45) is 0 Å². The highest BCUT2D eigenvalue weighted by molar-refractivity contribution is 6.37. The summed E-state index contributed by atoms with van der Waals surface area (Å²) >= 11 is 12.0. The van der Waals surface area contributed by atoms with Crippen LogP contribution in [0.2, 0.25) is 10.0 Å². The van der Waals surface area contributed by atoms with E-state index in [-0.39, 0.29) is 18.1 Å². The van der Waals surface area contributed by atoms with E-state index in [1.807, 2.05) is 0 Å². The first-order valence-electron chi connectivity index (χ1n) is 6.53. The molecule has 0 aliphatic heterocycles. The van der Waals surface area contributed by atoms with E-state index in [0.29, 0.717) is 21.4 Å². The number of aliphatic hydroxyl groups excluding tert-OH is 1. The number of halogens is 2. The fourth-order valence-corrected chi connectivity index (χ4v) is 3.02. The number of hydrogen-bond donors (Lipinski definition) is 2. The highest BCUT2D eigenvalue weighted by Gasteiger charge is 2.22. The number of amides is 1. The number of nitrogens with one attached hydrogen (secondary N) is 1. The third-order valence-electron chi connectivity index (χ3n) is 3.50. The minimum atomic E-state index is -0.243. The lowest BCUT2D eigenvalue weighted by molar-refractivity contribution is 0.0867. The summed E-state index contributed by atoms with van der Waals surface area (Å²) < 4.78 is 5.05. The van der Waals surface area contributed by atoms with Crippen molar-refractivity contribution < 1.29 is 14.6 Å². The molecule has 2 rings (SSSR count). The second-order valence-corrected chi connectivity index (χ2v) is 5.77. The molecule has 20 heavy (non-hydrogen) atoms. The van der Waals surface area contributed by atoms with E-state index in [0.717, 1.165) is 25.7 Å². The molecule has 1 aliphatic carbocycles. The maximum atomic E-state index is 12.2. The molecule has 0 saturated heterocycles. The van der Waals surface area contributed by atoms with E-state index >= 15 is 0 Å². The van der Waals surface area contributed by atoms with Gasteiger partial charge in [-0.05, 0) is 37.8 Å². The van der Waals surface area contributed by atoms with E-state index in [4.69, 9.17) is 27.9 Å². The second-order valence-electron chi connectivity index (χ2n) is 4.95. The van der Waals surface area contributed by atoms with Crippen LogP contribution < -0.4 is 10.1 Å². The van der Waals surface area contributed by atoms with Crippen LogP contribution in [-0.2, 0) is 0 Å². The Morgan fingerprint density at radius 2 is 1.80 bits per heavy atom. The van der Waals surface area contributed by atoms with Crippen LogP contribution in [0.25, 0.3) is 0 Å². The molecule has 0 unspecified atom stereocenters. The highest BCUT2D eigenvalue weighted by Crippen LogP contribution is 2.33. The molecule has 2 N–H and O–H groups in total. The minimum absolute atomic E-state index is 0.0885. The largest absolute Gasteiger partial charge is 0.494 e. The first-order chi connectivity index (χ1) is 9.51. The van der Waals surface area contributed by atoms with Crippen LogP contribution in [0.1, 0.15) is 36.0 Å². The van der Waals surface area contributed by atoms with E-state index in [1.165, 1.54) is 7.11 Å². The summed E-state index contributed by atoms with van der Waals surface area (Å²) in [6.45, 7) is 0. The lowest BCUT2D eigenvalue weighted by atomic mass is 9.93. The second kappa shape index (κ2) is 6.66. The fraction of sp³-hybridized carbons (Fsp3) is 0.500. The highest BCUT2D eigenvalue weighted by atomic mass is 35.5. The number of ether oxygens (including phenoxy) is 1. The maximum Gasteiger partial charge on any atom is 0.251 e. The molecule has 1 aromatic carbocycles. The Morgan fingerprint density at radius 3 is 2.30 bits per heavy atom. The molecule has 6 heteroatoms. The fourth-order valence-electron chi connectivity index (χ4n) is 2.37. The summed E-state index contributed by atoms with van der Waals surface area (Å²) in [6, 6.07) is 3.17.